The Balaban J connectivity index is 2.84. The van der Waals surface area contributed by atoms with Gasteiger partial charge < -0.3 is 0 Å². The van der Waals surface area contributed by atoms with E-state index < -0.39 is 0 Å². The molecule has 0 saturated carbocycles. The molecule has 0 fully saturated rings. The summed E-state index contributed by atoms with van der Waals surface area (Å²) in [5, 5.41) is 0. The van der Waals surface area contributed by atoms with Crippen molar-refractivity contribution in [3.63, 3.8) is 0 Å². The third-order valence-corrected chi connectivity index (χ3v) is 4.85. The summed E-state index contributed by atoms with van der Waals surface area (Å²) < 4.78 is 0. The van der Waals surface area contributed by atoms with Gasteiger partial charge in [-0.1, -0.05) is 49.0 Å². The van der Waals surface area contributed by atoms with Gasteiger partial charge in [-0.05, 0) is 22.6 Å². The van der Waals surface area contributed by atoms with Crippen LogP contribution in [-0.2, 0) is 0 Å². The maximum atomic E-state index is 2.28. The Labute approximate surface area is 127 Å². The number of hydrogen-bond donors (Lipinski definition) is 0. The van der Waals surface area contributed by atoms with Gasteiger partial charge in [-0.15, -0.1) is 16.4 Å². The Morgan fingerprint density at radius 1 is 0.700 bits per heavy atom. The molecule has 0 saturated heterocycles. The van der Waals surface area contributed by atoms with E-state index in [2.05, 4.69) is 77.3 Å². The van der Waals surface area contributed by atoms with Crippen LogP contribution in [0.15, 0.2) is 24.3 Å². The van der Waals surface area contributed by atoms with Crippen molar-refractivity contribution in [3.05, 3.63) is 29.8 Å². The molecule has 0 nitrogen and oxygen atoms in total. The first-order chi connectivity index (χ1) is 9.36. The van der Waals surface area contributed by atoms with Crippen molar-refractivity contribution in [2.75, 3.05) is 0 Å². The molecular weight excluding hydrogens is 234 g/mol. The summed E-state index contributed by atoms with van der Waals surface area (Å²) in [6.45, 7) is 4.55. The quantitative estimate of drug-likeness (QED) is 0.477. The first kappa shape index (κ1) is 15.2. The molecular formula is C15H21B5. The third kappa shape index (κ3) is 2.39. The van der Waals surface area contributed by atoms with Gasteiger partial charge in [0.15, 0.2) is 0 Å². The zero-order valence-electron chi connectivity index (χ0n) is 13.9. The molecule has 96 valence electrons. The minimum atomic E-state index is 0.548. The fourth-order valence-corrected chi connectivity index (χ4v) is 3.13. The van der Waals surface area contributed by atoms with Crippen molar-refractivity contribution in [3.8, 4) is 11.1 Å². The molecule has 0 aliphatic rings. The fraction of sp³-hybridized carbons (Fsp3) is 0.200. The lowest BCUT2D eigenvalue weighted by Crippen LogP contribution is -2.55. The van der Waals surface area contributed by atoms with Crippen molar-refractivity contribution in [2.24, 2.45) is 0 Å². The average molecular weight is 255 g/mol. The van der Waals surface area contributed by atoms with Crippen LogP contribution >= 0.6 is 0 Å². The van der Waals surface area contributed by atoms with Crippen molar-refractivity contribution in [1.82, 2.24) is 0 Å². The van der Waals surface area contributed by atoms with Crippen LogP contribution in [0.3, 0.4) is 0 Å². The van der Waals surface area contributed by atoms with Gasteiger partial charge >= 0.3 is 0 Å². The predicted octanol–water partition coefficient (Wildman–Crippen LogP) is -4.23. The monoisotopic (exact) mass is 256 g/mol. The Kier molecular flexibility index (Phi) is 4.27. The Morgan fingerprint density at radius 3 is 1.65 bits per heavy atom. The van der Waals surface area contributed by atoms with Crippen molar-refractivity contribution >= 4 is 66.5 Å². The molecule has 2 rings (SSSR count). The van der Waals surface area contributed by atoms with E-state index in [0.29, 0.717) is 5.92 Å². The second-order valence-corrected chi connectivity index (χ2v) is 6.24. The lowest BCUT2D eigenvalue weighted by Gasteiger charge is -2.23. The number of hydrogen-bond acceptors (Lipinski definition) is 0. The highest BCUT2D eigenvalue weighted by atomic mass is 14.2. The normalized spacial score (nSPS) is 10.9. The summed E-state index contributed by atoms with van der Waals surface area (Å²) in [4.78, 5) is 0. The van der Waals surface area contributed by atoms with E-state index in [4.69, 9.17) is 0 Å². The van der Waals surface area contributed by atoms with Gasteiger partial charge in [0.2, 0.25) is 0 Å². The molecule has 0 unspecified atom stereocenters. The van der Waals surface area contributed by atoms with Gasteiger partial charge in [0.1, 0.15) is 39.2 Å². The molecule has 0 amide bonds. The Bertz CT molecular complexity index is 633. The van der Waals surface area contributed by atoms with Crippen LogP contribution < -0.4 is 27.3 Å². The van der Waals surface area contributed by atoms with Crippen LogP contribution in [-0.4, -0.2) is 39.2 Å². The highest BCUT2D eigenvalue weighted by molar-refractivity contribution is 6.68. The Morgan fingerprint density at radius 2 is 1.15 bits per heavy atom. The van der Waals surface area contributed by atoms with E-state index in [1.165, 1.54) is 44.0 Å². The second-order valence-electron chi connectivity index (χ2n) is 6.24. The molecule has 0 spiro atoms. The maximum absolute atomic E-state index is 2.28. The molecule has 0 radical (unpaired) electrons. The van der Waals surface area contributed by atoms with Gasteiger partial charge in [0.25, 0.3) is 0 Å². The van der Waals surface area contributed by atoms with Crippen molar-refractivity contribution in [2.45, 2.75) is 19.8 Å². The van der Waals surface area contributed by atoms with Crippen LogP contribution in [0, 0.1) is 0 Å². The highest BCUT2D eigenvalue weighted by Gasteiger charge is 2.16. The molecule has 2 aromatic carbocycles. The average Bonchev–Trinajstić information content (AvgIpc) is 2.43. The second kappa shape index (κ2) is 5.64. The summed E-state index contributed by atoms with van der Waals surface area (Å²) in [7, 11) is 11.3. The summed E-state index contributed by atoms with van der Waals surface area (Å²) in [5.41, 5.74) is 11.5. The molecule has 0 atom stereocenters. The predicted molar refractivity (Wildman–Crippen MR) is 107 cm³/mol. The van der Waals surface area contributed by atoms with Gasteiger partial charge in [-0.2, -0.15) is 0 Å². The molecule has 0 aliphatic carbocycles. The van der Waals surface area contributed by atoms with Crippen LogP contribution in [0.25, 0.3) is 11.1 Å². The maximum Gasteiger partial charge on any atom is 0.139 e. The summed E-state index contributed by atoms with van der Waals surface area (Å²) in [6, 6.07) is 8.85. The molecule has 20 heavy (non-hydrogen) atoms. The standard InChI is InChI=1S/C15H21B5/c1-7(2)8-5-3-4-6-9(8)10-11(16)13(18)15(20)14(19)12(10)17/h3-7H,16-20H2,1-2H3. The van der Waals surface area contributed by atoms with Crippen LogP contribution in [0.4, 0.5) is 0 Å². The molecule has 2 aromatic rings. The summed E-state index contributed by atoms with van der Waals surface area (Å²) in [5.74, 6) is 0.548. The molecule has 0 aromatic heterocycles. The lowest BCUT2D eigenvalue weighted by atomic mass is 9.59. The van der Waals surface area contributed by atoms with E-state index in [-0.39, 0.29) is 0 Å². The zero-order valence-corrected chi connectivity index (χ0v) is 13.9. The van der Waals surface area contributed by atoms with Crippen molar-refractivity contribution in [1.29, 1.82) is 0 Å². The van der Waals surface area contributed by atoms with E-state index in [1.54, 1.807) is 0 Å². The topological polar surface area (TPSA) is 0 Å². The highest BCUT2D eigenvalue weighted by Crippen LogP contribution is 2.26. The molecule has 0 bridgehead atoms. The van der Waals surface area contributed by atoms with E-state index in [9.17, 15) is 0 Å². The molecule has 0 heterocycles. The van der Waals surface area contributed by atoms with Crippen LogP contribution in [0.5, 0.6) is 0 Å². The smallest absolute Gasteiger partial charge is 0.102 e. The fourth-order valence-electron chi connectivity index (χ4n) is 3.13. The molecule has 5 heteroatoms. The van der Waals surface area contributed by atoms with Gasteiger partial charge in [-0.3, -0.25) is 0 Å². The van der Waals surface area contributed by atoms with Gasteiger partial charge in [0.05, 0.1) is 0 Å². The largest absolute Gasteiger partial charge is 0.139 e. The van der Waals surface area contributed by atoms with Crippen LogP contribution in [0.1, 0.15) is 25.3 Å². The van der Waals surface area contributed by atoms with E-state index in [1.807, 2.05) is 0 Å². The van der Waals surface area contributed by atoms with E-state index >= 15 is 0 Å². The minimum absolute atomic E-state index is 0.548. The zero-order chi connectivity index (χ0) is 15.0. The minimum Gasteiger partial charge on any atom is -0.102 e. The van der Waals surface area contributed by atoms with Gasteiger partial charge in [0, 0.05) is 0 Å². The van der Waals surface area contributed by atoms with Crippen molar-refractivity contribution < 1.29 is 0 Å². The first-order valence-electron chi connectivity index (χ1n) is 7.52. The van der Waals surface area contributed by atoms with Crippen LogP contribution in [0.2, 0.25) is 0 Å². The lowest BCUT2D eigenvalue weighted by molar-refractivity contribution is 0.869. The molecule has 0 aliphatic heterocycles. The summed E-state index contributed by atoms with van der Waals surface area (Å²) >= 11 is 0. The molecule has 0 N–H and O–H groups in total. The number of benzene rings is 2. The SMILES string of the molecule is Bc1c(B)c(B)c(-c2ccccc2C(C)C)c(B)c1B. The first-order valence-corrected chi connectivity index (χ1v) is 7.52. The van der Waals surface area contributed by atoms with Gasteiger partial charge in [-0.25, -0.2) is 0 Å². The third-order valence-electron chi connectivity index (χ3n) is 4.85. The summed E-state index contributed by atoms with van der Waals surface area (Å²) in [6.07, 6.45) is 0. The number of rotatable bonds is 2. The van der Waals surface area contributed by atoms with E-state index in [0.717, 1.165) is 0 Å². The Hall–Kier alpha value is -1.24.